The molecule has 0 aliphatic heterocycles. The van der Waals surface area contributed by atoms with Gasteiger partial charge in [-0.25, -0.2) is 92.2 Å². The topological polar surface area (TPSA) is 299 Å². The van der Waals surface area contributed by atoms with Gasteiger partial charge in [0.2, 0.25) is 15.9 Å². The number of aryl methyl sites for hydroxylation is 1. The van der Waals surface area contributed by atoms with Crippen LogP contribution in [0.15, 0.2) is 223 Å². The number of hydrogen-bond acceptors (Lipinski definition) is 20. The van der Waals surface area contributed by atoms with Gasteiger partial charge in [0.15, 0.2) is 69.8 Å². The molecule has 0 heterocycles. The van der Waals surface area contributed by atoms with Gasteiger partial charge in [0, 0.05) is 104 Å². The summed E-state index contributed by atoms with van der Waals surface area (Å²) in [5.41, 5.74) is 6.09. The summed E-state index contributed by atoms with van der Waals surface area (Å²) >= 11 is 0. The lowest BCUT2D eigenvalue weighted by molar-refractivity contribution is -0.143. The lowest BCUT2D eigenvalue weighted by Crippen LogP contribution is -2.40. The molecule has 11 aromatic carbocycles. The molecule has 0 aliphatic carbocycles. The average molecular weight is 2110 g/mol. The minimum atomic E-state index is -4.03. The number of sulfonamides is 1. The van der Waals surface area contributed by atoms with Crippen LogP contribution in [-0.4, -0.2) is 147 Å². The Balaban J connectivity index is 0.000000273. The molecule has 796 valence electrons. The van der Waals surface area contributed by atoms with Gasteiger partial charge >= 0.3 is 35.8 Å². The van der Waals surface area contributed by atoms with Gasteiger partial charge in [-0.15, -0.1) is 0 Å². The number of carbonyl (C=O) groups is 8. The number of carbonyl (C=O) groups excluding carboxylic acids is 8. The second-order valence-electron chi connectivity index (χ2n) is 33.0. The van der Waals surface area contributed by atoms with Crippen molar-refractivity contribution in [2.75, 3.05) is 49.8 Å². The Bertz CT molecular complexity index is 6350. The lowest BCUT2D eigenvalue weighted by Gasteiger charge is -2.37. The smallest absolute Gasteiger partial charge is 0.307 e. The Hall–Kier alpha value is -14.3. The number of rotatable bonds is 40. The number of esters is 6. The molecule has 148 heavy (non-hydrogen) atoms. The summed E-state index contributed by atoms with van der Waals surface area (Å²) in [6.07, 6.45) is -1.74. The zero-order valence-electron chi connectivity index (χ0n) is 81.7. The molecule has 11 rings (SSSR count). The van der Waals surface area contributed by atoms with Crippen molar-refractivity contribution in [3.63, 3.8) is 0 Å². The first-order valence-corrected chi connectivity index (χ1v) is 46.5. The Morgan fingerprint density at radius 2 is 0.601 bits per heavy atom. The summed E-state index contributed by atoms with van der Waals surface area (Å²) in [6, 6.07) is 45.7. The summed E-state index contributed by atoms with van der Waals surface area (Å²) < 4.78 is 296. The Kier molecular flexibility index (Phi) is 50.7. The number of methoxy groups -OCH3 is 6. The normalized spacial score (nSPS) is 12.5. The predicted molar refractivity (Wildman–Crippen MR) is 507 cm³/mol. The maximum absolute atomic E-state index is 14.5. The zero-order valence-corrected chi connectivity index (χ0v) is 82.5. The highest BCUT2D eigenvalue weighted by atomic mass is 32.2. The molecule has 0 aliphatic rings. The number of amides is 2. The molecule has 11 aromatic rings. The molecule has 5 N–H and O–H groups in total. The largest absolute Gasteiger partial charge is 0.469 e. The van der Waals surface area contributed by atoms with Crippen molar-refractivity contribution in [3.8, 4) is 0 Å². The fourth-order valence-electron chi connectivity index (χ4n) is 14.6. The summed E-state index contributed by atoms with van der Waals surface area (Å²) in [7, 11) is 4.53. The number of halogens is 18. The number of hydroxylamine groups is 1. The van der Waals surface area contributed by atoms with Gasteiger partial charge in [-0.2, -0.15) is 5.48 Å². The molecule has 42 heteroatoms. The van der Waals surface area contributed by atoms with Crippen molar-refractivity contribution in [2.24, 2.45) is 0 Å². The molecule has 8 atom stereocenters. The van der Waals surface area contributed by atoms with E-state index in [9.17, 15) is 126 Å². The maximum atomic E-state index is 14.5. The number of benzene rings is 11. The Morgan fingerprint density at radius 1 is 0.318 bits per heavy atom. The van der Waals surface area contributed by atoms with E-state index in [1.807, 2.05) is 105 Å². The van der Waals surface area contributed by atoms with Crippen LogP contribution in [0, 0.1) is 112 Å². The van der Waals surface area contributed by atoms with Gasteiger partial charge in [0.1, 0.15) is 34.9 Å². The average Bonchev–Trinajstić information content (AvgIpc) is 0.806. The first-order valence-electron chi connectivity index (χ1n) is 45.0. The van der Waals surface area contributed by atoms with Crippen molar-refractivity contribution < 1.29 is 159 Å². The van der Waals surface area contributed by atoms with Crippen molar-refractivity contribution in [3.05, 3.63) is 384 Å². The van der Waals surface area contributed by atoms with E-state index < -0.39 is 205 Å². The van der Waals surface area contributed by atoms with Crippen LogP contribution in [0.5, 0.6) is 0 Å². The van der Waals surface area contributed by atoms with E-state index in [0.29, 0.717) is 66.7 Å². The van der Waals surface area contributed by atoms with Crippen molar-refractivity contribution in [1.29, 1.82) is 0 Å². The first-order chi connectivity index (χ1) is 70.1. The third kappa shape index (κ3) is 41.2. The minimum Gasteiger partial charge on any atom is -0.469 e. The van der Waals surface area contributed by atoms with Crippen molar-refractivity contribution >= 4 is 57.7 Å². The van der Waals surface area contributed by atoms with Crippen LogP contribution in [0.2, 0.25) is 0 Å². The summed E-state index contributed by atoms with van der Waals surface area (Å²) in [5, 5.41) is 8.24. The summed E-state index contributed by atoms with van der Waals surface area (Å²) in [5.74, 6) is -24.6. The monoisotopic (exact) mass is 2110 g/mol. The third-order valence-corrected chi connectivity index (χ3v) is 23.7. The first kappa shape index (κ1) is 122. The number of ether oxygens (including phenoxy) is 6. The highest BCUT2D eigenvalue weighted by Gasteiger charge is 2.33. The van der Waals surface area contributed by atoms with Gasteiger partial charge < -0.3 is 49.2 Å². The highest BCUT2D eigenvalue weighted by Crippen LogP contribution is 2.32. The van der Waals surface area contributed by atoms with Crippen LogP contribution >= 0.6 is 0 Å². The molecule has 0 radical (unpaired) electrons. The van der Waals surface area contributed by atoms with Gasteiger partial charge in [0.25, 0.3) is 5.91 Å². The fourth-order valence-corrected chi connectivity index (χ4v) is 15.8. The van der Waals surface area contributed by atoms with E-state index in [4.69, 9.17) is 4.74 Å². The van der Waals surface area contributed by atoms with Gasteiger partial charge in [-0.05, 0) is 170 Å². The molecule has 0 spiro atoms. The molecule has 23 nitrogen and oxygen atoms in total. The van der Waals surface area contributed by atoms with E-state index >= 15 is 0 Å². The van der Waals surface area contributed by atoms with E-state index in [1.54, 1.807) is 49.4 Å². The summed E-state index contributed by atoms with van der Waals surface area (Å²) in [6.45, 7) is 7.40. The standard InChI is InChI=1S/C26H26F3NO2.C19H20F3NO2.C18H18F3NO4S.C18H16F3NO3.C13H14F3NO3.C12H14F3NO3/c1-18(20-11-7-4-8-12-20)30(17-19-9-5-3-6-10-19)22(15-26(31)32-2)13-21-14-24(28)25(29)16-23(21)27;1-12(13-6-4-3-5-7-13)23-15(10-19(24)25-2)8-14-9-17(21)18(22)11-16(14)20;1-11-3-5-14(6-4-11)27(24,25)22-13(9-18(23)26-2)7-12-8-16(20)17(21)10-15(12)19;1-25-17(23)9-13(22-18(24)11-5-3-2-4-6-11)7-12-8-15(20)16(21)10-14(12)19;1-7(18)17-9(5-13(19)20-2)3-8-4-11(15)12(16)6-10(8)14;1-18-12(17)5-8(16-19-2)3-7-4-10(14)11(15)6-9(7)13/h3-12,14,16,18,22H,13,15,17H2,1-2H3;3-7,9,11-12,15,23H,8,10H2,1-2H3;3-6,8,10,13,22H,7,9H2,1-2H3;2-6,8,10,13H,7,9H2,1H3,(H,22,24);4,6,9H,3,5H2,1-2H3,(H,17,18);4,6,8,16H,3,5H2,1-2H3. The molecule has 0 saturated heterocycles. The number of nitrogens with one attached hydrogen (secondary N) is 5. The van der Waals surface area contributed by atoms with Gasteiger partial charge in [-0.3, -0.25) is 43.3 Å². The van der Waals surface area contributed by atoms with Gasteiger partial charge in [-0.1, -0.05) is 127 Å². The molecular weight excluding hydrogens is 2000 g/mol. The second-order valence-corrected chi connectivity index (χ2v) is 34.7. The van der Waals surface area contributed by atoms with Crippen molar-refractivity contribution in [1.82, 2.24) is 31.1 Å². The molecular formula is C106H108F18N6O17S. The van der Waals surface area contributed by atoms with E-state index in [-0.39, 0.29) is 121 Å². The Morgan fingerprint density at radius 3 is 0.953 bits per heavy atom. The van der Waals surface area contributed by atoms with E-state index in [2.05, 4.69) is 59.6 Å². The predicted octanol–water partition coefficient (Wildman–Crippen LogP) is 19.1. The Labute approximate surface area is 842 Å². The quantitative estimate of drug-likeness (QED) is 0.00783. The lowest BCUT2D eigenvalue weighted by atomic mass is 9.96. The van der Waals surface area contributed by atoms with Crippen molar-refractivity contribution in [2.45, 2.75) is 165 Å². The van der Waals surface area contributed by atoms with E-state index in [0.717, 1.165) is 47.6 Å². The van der Waals surface area contributed by atoms with Crippen LogP contribution in [0.3, 0.4) is 0 Å². The zero-order chi connectivity index (χ0) is 110. The van der Waals surface area contributed by atoms with Crippen LogP contribution in [-0.2, 0) is 122 Å². The van der Waals surface area contributed by atoms with Crippen LogP contribution in [0.4, 0.5) is 79.0 Å². The van der Waals surface area contributed by atoms with E-state index in [1.165, 1.54) is 61.7 Å². The number of nitrogens with zero attached hydrogens (tertiary/aromatic N) is 1. The molecule has 0 fully saturated rings. The molecule has 2 amide bonds. The van der Waals surface area contributed by atoms with Gasteiger partial charge in [0.05, 0.1) is 93.2 Å². The number of hydrogen-bond donors (Lipinski definition) is 5. The molecule has 0 aromatic heterocycles. The molecule has 0 bridgehead atoms. The molecule has 0 saturated carbocycles. The molecule has 8 unspecified atom stereocenters. The van der Waals surface area contributed by atoms with Crippen LogP contribution in [0.1, 0.15) is 137 Å². The van der Waals surface area contributed by atoms with Crippen LogP contribution < -0.4 is 26.2 Å². The second kappa shape index (κ2) is 61.3. The highest BCUT2D eigenvalue weighted by molar-refractivity contribution is 7.89. The third-order valence-electron chi connectivity index (χ3n) is 22.1. The SMILES string of the molecule is COC(=O)CC(Cc1cc(F)c(F)cc1F)N(Cc1ccccc1)C(C)c1ccccc1.COC(=O)CC(Cc1cc(F)c(F)cc1F)NC(=O)c1ccccc1.COC(=O)CC(Cc1cc(F)c(F)cc1F)NC(C)=O.COC(=O)CC(Cc1cc(F)c(F)cc1F)NC(C)c1ccccc1.COC(=O)CC(Cc1cc(F)c(F)cc1F)NS(=O)(=O)c1ccc(C)cc1.CONC(CC(=O)OC)Cc1cc(F)c(F)cc1F. The minimum absolute atomic E-state index is 0.000523. The fraction of sp³-hybridized carbons (Fsp3) is 0.302. The van der Waals surface area contributed by atoms with Crippen LogP contribution in [0.25, 0.3) is 0 Å². The maximum Gasteiger partial charge on any atom is 0.307 e. The summed E-state index contributed by atoms with van der Waals surface area (Å²) in [4.78, 5) is 99.3.